The Morgan fingerprint density at radius 3 is 2.26 bits per heavy atom. The molecule has 0 saturated carbocycles. The summed E-state index contributed by atoms with van der Waals surface area (Å²) in [6.45, 7) is 0. The van der Waals surface area contributed by atoms with Gasteiger partial charge in [0.2, 0.25) is 0 Å². The molecule has 0 aliphatic heterocycles. The number of ether oxygens (including phenoxy) is 1. The van der Waals surface area contributed by atoms with E-state index in [0.717, 1.165) is 7.11 Å². The smallest absolute Gasteiger partial charge is 0.340 e. The molecular formula is C14H11F2NO2. The minimum atomic E-state index is -1.22. The normalized spacial score (nSPS) is 10.3. The van der Waals surface area contributed by atoms with E-state index in [2.05, 4.69) is 4.74 Å². The second-order valence-electron chi connectivity index (χ2n) is 3.90. The zero-order valence-corrected chi connectivity index (χ0v) is 10.1. The van der Waals surface area contributed by atoms with Crippen molar-refractivity contribution < 1.29 is 18.3 Å². The summed E-state index contributed by atoms with van der Waals surface area (Å²) in [7, 11) is 1.10. The molecule has 0 fully saturated rings. The van der Waals surface area contributed by atoms with Gasteiger partial charge in [0.15, 0.2) is 11.6 Å². The van der Waals surface area contributed by atoms with Gasteiger partial charge in [0.25, 0.3) is 0 Å². The largest absolute Gasteiger partial charge is 0.465 e. The first-order chi connectivity index (χ1) is 9.04. The number of carbonyl (C=O) groups is 1. The summed E-state index contributed by atoms with van der Waals surface area (Å²) in [5.74, 6) is -3.23. The molecule has 0 amide bonds. The maximum atomic E-state index is 13.9. The molecule has 0 bridgehead atoms. The average Bonchev–Trinajstić information content (AvgIpc) is 2.42. The molecule has 0 aliphatic rings. The van der Waals surface area contributed by atoms with Gasteiger partial charge in [0, 0.05) is 11.3 Å². The number of hydrogen-bond donors (Lipinski definition) is 1. The monoisotopic (exact) mass is 263 g/mol. The molecule has 98 valence electrons. The molecule has 0 spiro atoms. The van der Waals surface area contributed by atoms with Crippen molar-refractivity contribution in [3.63, 3.8) is 0 Å². The molecule has 0 heterocycles. The van der Waals surface area contributed by atoms with Crippen molar-refractivity contribution in [2.45, 2.75) is 0 Å². The minimum Gasteiger partial charge on any atom is -0.465 e. The van der Waals surface area contributed by atoms with Crippen molar-refractivity contribution in [2.24, 2.45) is 0 Å². The van der Waals surface area contributed by atoms with Crippen LogP contribution in [0.3, 0.4) is 0 Å². The summed E-state index contributed by atoms with van der Waals surface area (Å²) in [6, 6.07) is 8.84. The van der Waals surface area contributed by atoms with Crippen LogP contribution in [0.5, 0.6) is 0 Å². The molecular weight excluding hydrogens is 252 g/mol. The van der Waals surface area contributed by atoms with E-state index in [1.165, 1.54) is 12.1 Å². The van der Waals surface area contributed by atoms with Crippen LogP contribution in [0.2, 0.25) is 0 Å². The minimum absolute atomic E-state index is 0.0603. The number of benzene rings is 2. The zero-order chi connectivity index (χ0) is 14.0. The van der Waals surface area contributed by atoms with Crippen molar-refractivity contribution in [1.82, 2.24) is 0 Å². The Balaban J connectivity index is 2.52. The number of methoxy groups -OCH3 is 1. The quantitative estimate of drug-likeness (QED) is 0.669. The van der Waals surface area contributed by atoms with Crippen LogP contribution in [0.1, 0.15) is 10.4 Å². The third-order valence-electron chi connectivity index (χ3n) is 2.71. The Labute approximate surface area is 108 Å². The molecule has 2 N–H and O–H groups in total. The number of rotatable bonds is 2. The van der Waals surface area contributed by atoms with Gasteiger partial charge in [-0.15, -0.1) is 0 Å². The highest BCUT2D eigenvalue weighted by molar-refractivity contribution is 5.90. The highest BCUT2D eigenvalue weighted by Crippen LogP contribution is 2.27. The highest BCUT2D eigenvalue weighted by atomic mass is 19.2. The first-order valence-corrected chi connectivity index (χ1v) is 5.47. The van der Waals surface area contributed by atoms with Gasteiger partial charge >= 0.3 is 5.97 Å². The molecule has 2 rings (SSSR count). The van der Waals surface area contributed by atoms with E-state index in [1.807, 2.05) is 0 Å². The zero-order valence-electron chi connectivity index (χ0n) is 10.1. The van der Waals surface area contributed by atoms with E-state index >= 15 is 0 Å². The van der Waals surface area contributed by atoms with E-state index in [0.29, 0.717) is 11.3 Å². The number of hydrogen-bond acceptors (Lipinski definition) is 3. The number of halogens is 2. The van der Waals surface area contributed by atoms with Gasteiger partial charge in [-0.3, -0.25) is 0 Å². The Kier molecular flexibility index (Phi) is 3.46. The van der Waals surface area contributed by atoms with E-state index in [4.69, 9.17) is 5.73 Å². The van der Waals surface area contributed by atoms with Gasteiger partial charge in [-0.05, 0) is 23.8 Å². The summed E-state index contributed by atoms with van der Waals surface area (Å²) in [4.78, 5) is 11.2. The molecule has 3 nitrogen and oxygen atoms in total. The third-order valence-corrected chi connectivity index (χ3v) is 2.71. The van der Waals surface area contributed by atoms with Gasteiger partial charge < -0.3 is 10.5 Å². The predicted molar refractivity (Wildman–Crippen MR) is 67.5 cm³/mol. The first-order valence-electron chi connectivity index (χ1n) is 5.47. The Morgan fingerprint density at radius 2 is 1.68 bits per heavy atom. The molecule has 0 aromatic heterocycles. The van der Waals surface area contributed by atoms with Crippen LogP contribution in [-0.2, 0) is 4.74 Å². The van der Waals surface area contributed by atoms with Gasteiger partial charge in [0.05, 0.1) is 12.7 Å². The summed E-state index contributed by atoms with van der Waals surface area (Å²) in [6.07, 6.45) is 0. The fourth-order valence-corrected chi connectivity index (χ4v) is 1.70. The number of nitrogens with two attached hydrogens (primary N) is 1. The van der Waals surface area contributed by atoms with Crippen LogP contribution < -0.4 is 5.73 Å². The summed E-state index contributed by atoms with van der Waals surface area (Å²) in [5.41, 5.74) is 6.15. The molecule has 19 heavy (non-hydrogen) atoms. The summed E-state index contributed by atoms with van der Waals surface area (Å²) in [5, 5.41) is 0. The molecule has 0 atom stereocenters. The summed E-state index contributed by atoms with van der Waals surface area (Å²) < 4.78 is 32.1. The third kappa shape index (κ3) is 2.40. The van der Waals surface area contributed by atoms with Crippen LogP contribution in [0.4, 0.5) is 14.5 Å². The fourth-order valence-electron chi connectivity index (χ4n) is 1.70. The topological polar surface area (TPSA) is 52.3 Å². The number of anilines is 1. The van der Waals surface area contributed by atoms with Crippen molar-refractivity contribution in [3.05, 3.63) is 53.6 Å². The maximum Gasteiger partial charge on any atom is 0.340 e. The Morgan fingerprint density at radius 1 is 1.05 bits per heavy atom. The van der Waals surface area contributed by atoms with Crippen LogP contribution in [0.15, 0.2) is 36.4 Å². The van der Waals surface area contributed by atoms with Gasteiger partial charge in [-0.25, -0.2) is 13.6 Å². The molecule has 2 aromatic rings. The van der Waals surface area contributed by atoms with Gasteiger partial charge in [0.1, 0.15) is 0 Å². The standard InChI is InChI=1S/C14H11F2NO2/c1-19-14(18)11-7-6-10(12(15)13(11)16)8-2-4-9(17)5-3-8/h2-7H,17H2,1H3. The highest BCUT2D eigenvalue weighted by Gasteiger charge is 2.19. The second-order valence-corrected chi connectivity index (χ2v) is 3.90. The molecule has 5 heteroatoms. The van der Waals surface area contributed by atoms with Crippen LogP contribution in [-0.4, -0.2) is 13.1 Å². The molecule has 0 saturated heterocycles. The van der Waals surface area contributed by atoms with E-state index in [9.17, 15) is 13.6 Å². The van der Waals surface area contributed by atoms with Crippen molar-refractivity contribution in [1.29, 1.82) is 0 Å². The van der Waals surface area contributed by atoms with Crippen molar-refractivity contribution >= 4 is 11.7 Å². The van der Waals surface area contributed by atoms with Crippen LogP contribution in [0, 0.1) is 11.6 Å². The molecule has 0 aliphatic carbocycles. The molecule has 2 aromatic carbocycles. The van der Waals surface area contributed by atoms with Crippen molar-refractivity contribution in [2.75, 3.05) is 12.8 Å². The van der Waals surface area contributed by atoms with Gasteiger partial charge in [-0.1, -0.05) is 18.2 Å². The lowest BCUT2D eigenvalue weighted by Gasteiger charge is -2.07. The number of carbonyl (C=O) groups excluding carboxylic acids is 1. The van der Waals surface area contributed by atoms with Crippen LogP contribution >= 0.6 is 0 Å². The summed E-state index contributed by atoms with van der Waals surface area (Å²) >= 11 is 0. The Bertz CT molecular complexity index is 624. The first kappa shape index (κ1) is 13.0. The lowest BCUT2D eigenvalue weighted by atomic mass is 10.0. The van der Waals surface area contributed by atoms with E-state index in [-0.39, 0.29) is 5.56 Å². The van der Waals surface area contributed by atoms with Gasteiger partial charge in [-0.2, -0.15) is 0 Å². The second kappa shape index (κ2) is 5.06. The van der Waals surface area contributed by atoms with Crippen molar-refractivity contribution in [3.8, 4) is 11.1 Å². The number of nitrogen functional groups attached to an aromatic ring is 1. The fraction of sp³-hybridized carbons (Fsp3) is 0.0714. The number of esters is 1. The average molecular weight is 263 g/mol. The Hall–Kier alpha value is -2.43. The van der Waals surface area contributed by atoms with E-state index in [1.54, 1.807) is 24.3 Å². The predicted octanol–water partition coefficient (Wildman–Crippen LogP) is 3.00. The van der Waals surface area contributed by atoms with Crippen LogP contribution in [0.25, 0.3) is 11.1 Å². The maximum absolute atomic E-state index is 13.9. The van der Waals surface area contributed by atoms with E-state index < -0.39 is 23.2 Å². The SMILES string of the molecule is COC(=O)c1ccc(-c2ccc(N)cc2)c(F)c1F. The lowest BCUT2D eigenvalue weighted by Crippen LogP contribution is -2.06. The lowest BCUT2D eigenvalue weighted by molar-refractivity contribution is 0.0594. The molecule has 0 radical (unpaired) electrons. The molecule has 0 unspecified atom stereocenters.